The van der Waals surface area contributed by atoms with Gasteiger partial charge < -0.3 is 5.11 Å². The number of rotatable bonds is 5. The van der Waals surface area contributed by atoms with E-state index < -0.39 is 6.10 Å². The first-order chi connectivity index (χ1) is 13.6. The molecular formula is C23H28N4O. The van der Waals surface area contributed by atoms with Gasteiger partial charge in [-0.3, -0.25) is 15.0 Å². The number of pyridine rings is 1. The van der Waals surface area contributed by atoms with Gasteiger partial charge in [0.05, 0.1) is 18.0 Å². The number of hydrogen-bond acceptors (Lipinski definition) is 4. The van der Waals surface area contributed by atoms with Gasteiger partial charge in [-0.05, 0) is 74.5 Å². The van der Waals surface area contributed by atoms with Crippen molar-refractivity contribution in [2.45, 2.75) is 39.3 Å². The molecule has 0 saturated carbocycles. The fraction of sp³-hybridized carbons (Fsp3) is 0.391. The Morgan fingerprint density at radius 2 is 1.96 bits per heavy atom. The number of H-pyrrole nitrogens is 1. The molecule has 3 aromatic rings. The number of nitrogens with zero attached hydrogens (tertiary/aromatic N) is 3. The summed E-state index contributed by atoms with van der Waals surface area (Å²) in [5.74, 6) is 0.295. The molecule has 0 bridgehead atoms. The minimum atomic E-state index is -0.420. The summed E-state index contributed by atoms with van der Waals surface area (Å²) in [4.78, 5) is 6.59. The van der Waals surface area contributed by atoms with E-state index >= 15 is 0 Å². The number of aromatic nitrogens is 3. The molecule has 0 spiro atoms. The Morgan fingerprint density at radius 3 is 2.68 bits per heavy atom. The van der Waals surface area contributed by atoms with E-state index in [1.165, 1.54) is 22.3 Å². The average molecular weight is 377 g/mol. The molecule has 2 aromatic heterocycles. The Bertz CT molecular complexity index is 913. The van der Waals surface area contributed by atoms with Gasteiger partial charge in [0.15, 0.2) is 0 Å². The summed E-state index contributed by atoms with van der Waals surface area (Å²) >= 11 is 0. The second-order valence-electron chi connectivity index (χ2n) is 7.91. The van der Waals surface area contributed by atoms with Crippen LogP contribution in [0.2, 0.25) is 0 Å². The summed E-state index contributed by atoms with van der Waals surface area (Å²) in [6.07, 6.45) is 7.03. The van der Waals surface area contributed by atoms with Crippen LogP contribution in [0.1, 0.15) is 41.2 Å². The highest BCUT2D eigenvalue weighted by Crippen LogP contribution is 2.31. The number of aryl methyl sites for hydroxylation is 2. The van der Waals surface area contributed by atoms with Gasteiger partial charge in [0.1, 0.15) is 0 Å². The fourth-order valence-electron chi connectivity index (χ4n) is 4.07. The number of aromatic amines is 1. The predicted molar refractivity (Wildman–Crippen MR) is 111 cm³/mol. The third-order valence-electron chi connectivity index (χ3n) is 6.01. The van der Waals surface area contributed by atoms with E-state index in [4.69, 9.17) is 0 Å². The van der Waals surface area contributed by atoms with E-state index in [0.29, 0.717) is 5.92 Å². The number of hydrogen-bond donors (Lipinski definition) is 2. The molecule has 2 N–H and O–H groups in total. The summed E-state index contributed by atoms with van der Waals surface area (Å²) in [6.45, 7) is 7.14. The monoisotopic (exact) mass is 376 g/mol. The highest BCUT2D eigenvalue weighted by molar-refractivity contribution is 5.64. The van der Waals surface area contributed by atoms with Crippen LogP contribution in [0.25, 0.3) is 11.3 Å². The summed E-state index contributed by atoms with van der Waals surface area (Å²) in [5.41, 5.74) is 7.06. The molecule has 1 aliphatic heterocycles. The van der Waals surface area contributed by atoms with Crippen molar-refractivity contribution in [2.75, 3.05) is 13.1 Å². The summed E-state index contributed by atoms with van der Waals surface area (Å²) < 4.78 is 0. The third kappa shape index (κ3) is 4.01. The maximum atomic E-state index is 10.7. The van der Waals surface area contributed by atoms with E-state index in [-0.39, 0.29) is 0 Å². The molecule has 3 heterocycles. The number of benzene rings is 1. The molecule has 5 heteroatoms. The molecule has 4 rings (SSSR count). The van der Waals surface area contributed by atoms with Gasteiger partial charge in [-0.15, -0.1) is 0 Å². The molecule has 1 aliphatic rings. The van der Waals surface area contributed by atoms with Crippen LogP contribution in [0, 0.1) is 19.8 Å². The molecule has 146 valence electrons. The van der Waals surface area contributed by atoms with Crippen molar-refractivity contribution in [3.8, 4) is 11.3 Å². The number of aliphatic hydroxyl groups is 1. The predicted octanol–water partition coefficient (Wildman–Crippen LogP) is 4.03. The van der Waals surface area contributed by atoms with Crippen LogP contribution < -0.4 is 0 Å². The maximum absolute atomic E-state index is 10.7. The van der Waals surface area contributed by atoms with Crippen LogP contribution in [-0.4, -0.2) is 38.3 Å². The Hall–Kier alpha value is -2.50. The standard InChI is InChI=1S/C23H28N4O/c1-16-5-6-19(12-17(16)2)22-21(14-25-26-22)15-27-10-7-18(8-11-27)23(28)20-4-3-9-24-13-20/h3-6,9,12-14,18,23,28H,7-8,10-11,15H2,1-2H3,(H,25,26). The van der Waals surface area contributed by atoms with Crippen molar-refractivity contribution in [3.63, 3.8) is 0 Å². The number of nitrogens with one attached hydrogen (secondary N) is 1. The van der Waals surface area contributed by atoms with Gasteiger partial charge in [0.25, 0.3) is 0 Å². The topological polar surface area (TPSA) is 65.0 Å². The van der Waals surface area contributed by atoms with E-state index in [1.54, 1.807) is 12.4 Å². The van der Waals surface area contributed by atoms with Crippen LogP contribution >= 0.6 is 0 Å². The summed E-state index contributed by atoms with van der Waals surface area (Å²) in [7, 11) is 0. The second kappa shape index (κ2) is 8.25. The van der Waals surface area contributed by atoms with E-state index in [9.17, 15) is 5.11 Å². The van der Waals surface area contributed by atoms with Gasteiger partial charge >= 0.3 is 0 Å². The molecular weight excluding hydrogens is 348 g/mol. The molecule has 0 amide bonds. The van der Waals surface area contributed by atoms with Crippen LogP contribution in [0.4, 0.5) is 0 Å². The van der Waals surface area contributed by atoms with Crippen LogP contribution in [0.15, 0.2) is 48.9 Å². The lowest BCUT2D eigenvalue weighted by molar-refractivity contribution is 0.0566. The highest BCUT2D eigenvalue weighted by atomic mass is 16.3. The minimum absolute atomic E-state index is 0.295. The quantitative estimate of drug-likeness (QED) is 0.705. The first kappa shape index (κ1) is 18.8. The molecule has 28 heavy (non-hydrogen) atoms. The minimum Gasteiger partial charge on any atom is -0.388 e. The lowest BCUT2D eigenvalue weighted by Crippen LogP contribution is -2.35. The molecule has 5 nitrogen and oxygen atoms in total. The van der Waals surface area contributed by atoms with Gasteiger partial charge in [-0.1, -0.05) is 18.2 Å². The van der Waals surface area contributed by atoms with Crippen molar-refractivity contribution in [2.24, 2.45) is 5.92 Å². The van der Waals surface area contributed by atoms with Gasteiger partial charge in [-0.25, -0.2) is 0 Å². The third-order valence-corrected chi connectivity index (χ3v) is 6.01. The van der Waals surface area contributed by atoms with E-state index in [2.05, 4.69) is 52.1 Å². The summed E-state index contributed by atoms with van der Waals surface area (Å²) in [5, 5.41) is 18.1. The van der Waals surface area contributed by atoms with Gasteiger partial charge in [-0.2, -0.15) is 5.10 Å². The summed E-state index contributed by atoms with van der Waals surface area (Å²) in [6, 6.07) is 10.4. The first-order valence-electron chi connectivity index (χ1n) is 10.0. The van der Waals surface area contributed by atoms with Gasteiger partial charge in [0, 0.05) is 30.1 Å². The second-order valence-corrected chi connectivity index (χ2v) is 7.91. The van der Waals surface area contributed by atoms with Gasteiger partial charge in [0.2, 0.25) is 0 Å². The molecule has 1 unspecified atom stereocenters. The van der Waals surface area contributed by atoms with Crippen LogP contribution in [0.5, 0.6) is 0 Å². The Kier molecular flexibility index (Phi) is 5.55. The molecule has 1 atom stereocenters. The Labute approximate surface area is 166 Å². The zero-order chi connectivity index (χ0) is 19.5. The largest absolute Gasteiger partial charge is 0.388 e. The number of likely N-dealkylation sites (tertiary alicyclic amines) is 1. The molecule has 0 radical (unpaired) electrons. The van der Waals surface area contributed by atoms with Crippen molar-refractivity contribution in [1.82, 2.24) is 20.1 Å². The number of piperidine rings is 1. The average Bonchev–Trinajstić information content (AvgIpc) is 3.19. The van der Waals surface area contributed by atoms with Crippen LogP contribution in [-0.2, 0) is 6.54 Å². The Morgan fingerprint density at radius 1 is 1.14 bits per heavy atom. The molecule has 1 fully saturated rings. The maximum Gasteiger partial charge on any atom is 0.0833 e. The van der Waals surface area contributed by atoms with Crippen molar-refractivity contribution < 1.29 is 5.11 Å². The lowest BCUT2D eigenvalue weighted by Gasteiger charge is -2.34. The smallest absolute Gasteiger partial charge is 0.0833 e. The molecule has 1 saturated heterocycles. The Balaban J connectivity index is 1.39. The van der Waals surface area contributed by atoms with E-state index in [1.807, 2.05) is 18.3 Å². The zero-order valence-electron chi connectivity index (χ0n) is 16.6. The highest BCUT2D eigenvalue weighted by Gasteiger charge is 2.27. The SMILES string of the molecule is Cc1ccc(-c2[nH]ncc2CN2CCC(C(O)c3cccnc3)CC2)cc1C. The number of aliphatic hydroxyl groups excluding tert-OH is 1. The molecule has 0 aliphatic carbocycles. The van der Waals surface area contributed by atoms with Crippen molar-refractivity contribution in [3.05, 3.63) is 71.2 Å². The van der Waals surface area contributed by atoms with Crippen LogP contribution in [0.3, 0.4) is 0 Å². The lowest BCUT2D eigenvalue weighted by atomic mass is 9.88. The zero-order valence-corrected chi connectivity index (χ0v) is 16.6. The first-order valence-corrected chi connectivity index (χ1v) is 10.0. The van der Waals surface area contributed by atoms with Crippen molar-refractivity contribution in [1.29, 1.82) is 0 Å². The molecule has 1 aromatic carbocycles. The normalized spacial score (nSPS) is 17.0. The fourth-order valence-corrected chi connectivity index (χ4v) is 4.07. The van der Waals surface area contributed by atoms with Crippen molar-refractivity contribution >= 4 is 0 Å². The van der Waals surface area contributed by atoms with E-state index in [0.717, 1.165) is 43.7 Å².